The molecule has 19 heavy (non-hydrogen) atoms. The Morgan fingerprint density at radius 3 is 3.11 bits per heavy atom. The van der Waals surface area contributed by atoms with Gasteiger partial charge in [-0.1, -0.05) is 0 Å². The molecular weight excluding hydrogens is 238 g/mol. The molecule has 0 bridgehead atoms. The van der Waals surface area contributed by atoms with Crippen LogP contribution in [-0.4, -0.2) is 24.6 Å². The van der Waals surface area contributed by atoms with Crippen LogP contribution < -0.4 is 0 Å². The SMILES string of the molecule is Cc1cnc2[nH]cc(-c3ccc4ncnn4c3)c2c1. The van der Waals surface area contributed by atoms with Gasteiger partial charge in [-0.2, -0.15) is 5.10 Å². The van der Waals surface area contributed by atoms with Crippen LogP contribution in [-0.2, 0) is 0 Å². The first-order valence-corrected chi connectivity index (χ1v) is 6.05. The van der Waals surface area contributed by atoms with Crippen molar-refractivity contribution < 1.29 is 0 Å². The predicted molar refractivity (Wildman–Crippen MR) is 72.8 cm³/mol. The Hall–Kier alpha value is -2.69. The molecule has 5 nitrogen and oxygen atoms in total. The Morgan fingerprint density at radius 1 is 1.21 bits per heavy atom. The number of pyridine rings is 2. The number of H-pyrrole nitrogens is 1. The lowest BCUT2D eigenvalue weighted by molar-refractivity contribution is 0.963. The Labute approximate surface area is 108 Å². The van der Waals surface area contributed by atoms with E-state index in [0.717, 1.165) is 33.4 Å². The van der Waals surface area contributed by atoms with Crippen molar-refractivity contribution in [3.63, 3.8) is 0 Å². The van der Waals surface area contributed by atoms with Crippen LogP contribution in [0.1, 0.15) is 5.56 Å². The van der Waals surface area contributed by atoms with Gasteiger partial charge < -0.3 is 4.98 Å². The highest BCUT2D eigenvalue weighted by Crippen LogP contribution is 2.28. The fraction of sp³-hybridized carbons (Fsp3) is 0.0714. The summed E-state index contributed by atoms with van der Waals surface area (Å²) in [5.74, 6) is 0. The zero-order chi connectivity index (χ0) is 12.8. The Balaban J connectivity index is 2.00. The van der Waals surface area contributed by atoms with Crippen LogP contribution in [0.2, 0.25) is 0 Å². The average molecular weight is 249 g/mol. The molecule has 0 aliphatic rings. The van der Waals surface area contributed by atoms with Gasteiger partial charge in [0.2, 0.25) is 0 Å². The molecule has 0 saturated heterocycles. The van der Waals surface area contributed by atoms with Gasteiger partial charge in [-0.05, 0) is 30.7 Å². The molecule has 0 aliphatic carbocycles. The van der Waals surface area contributed by atoms with Crippen LogP contribution in [0.4, 0.5) is 0 Å². The van der Waals surface area contributed by atoms with Gasteiger partial charge >= 0.3 is 0 Å². The van der Waals surface area contributed by atoms with Crippen molar-refractivity contribution in [1.29, 1.82) is 0 Å². The summed E-state index contributed by atoms with van der Waals surface area (Å²) in [5, 5.41) is 5.29. The van der Waals surface area contributed by atoms with Crippen molar-refractivity contribution in [2.45, 2.75) is 6.92 Å². The maximum atomic E-state index is 4.39. The smallest absolute Gasteiger partial charge is 0.155 e. The first kappa shape index (κ1) is 10.3. The van der Waals surface area contributed by atoms with Crippen LogP contribution in [0.25, 0.3) is 27.8 Å². The third kappa shape index (κ3) is 1.52. The fourth-order valence-corrected chi connectivity index (χ4v) is 2.32. The normalized spacial score (nSPS) is 11.4. The molecule has 92 valence electrons. The van der Waals surface area contributed by atoms with Crippen molar-refractivity contribution in [2.24, 2.45) is 0 Å². The monoisotopic (exact) mass is 249 g/mol. The number of hydrogen-bond donors (Lipinski definition) is 1. The lowest BCUT2D eigenvalue weighted by atomic mass is 10.1. The molecule has 0 aromatic carbocycles. The summed E-state index contributed by atoms with van der Waals surface area (Å²) in [6, 6.07) is 6.15. The molecule has 4 aromatic heterocycles. The lowest BCUT2D eigenvalue weighted by Crippen LogP contribution is -1.88. The average Bonchev–Trinajstić information content (AvgIpc) is 3.03. The second kappa shape index (κ2) is 3.65. The van der Waals surface area contributed by atoms with E-state index in [4.69, 9.17) is 0 Å². The van der Waals surface area contributed by atoms with E-state index in [9.17, 15) is 0 Å². The molecule has 4 aromatic rings. The zero-order valence-corrected chi connectivity index (χ0v) is 10.3. The van der Waals surface area contributed by atoms with Gasteiger partial charge in [0.05, 0.1) is 0 Å². The van der Waals surface area contributed by atoms with Crippen LogP contribution in [0.15, 0.2) is 43.1 Å². The van der Waals surface area contributed by atoms with Crippen molar-refractivity contribution in [1.82, 2.24) is 24.6 Å². The highest BCUT2D eigenvalue weighted by atomic mass is 15.3. The van der Waals surface area contributed by atoms with Crippen molar-refractivity contribution in [3.05, 3.63) is 48.7 Å². The molecule has 0 atom stereocenters. The summed E-state index contributed by atoms with van der Waals surface area (Å²) >= 11 is 0. The van der Waals surface area contributed by atoms with E-state index in [1.807, 2.05) is 31.6 Å². The molecule has 4 rings (SSSR count). The Kier molecular flexibility index (Phi) is 1.97. The summed E-state index contributed by atoms with van der Waals surface area (Å²) in [4.78, 5) is 11.7. The molecule has 0 unspecified atom stereocenters. The zero-order valence-electron chi connectivity index (χ0n) is 10.3. The van der Waals surface area contributed by atoms with Gasteiger partial charge in [0, 0.05) is 35.1 Å². The van der Waals surface area contributed by atoms with E-state index in [-0.39, 0.29) is 0 Å². The van der Waals surface area contributed by atoms with E-state index < -0.39 is 0 Å². The highest BCUT2D eigenvalue weighted by Gasteiger charge is 2.08. The molecule has 0 spiro atoms. The molecule has 5 heteroatoms. The predicted octanol–water partition coefficient (Wildman–Crippen LogP) is 2.58. The fourth-order valence-electron chi connectivity index (χ4n) is 2.32. The third-order valence-corrected chi connectivity index (χ3v) is 3.25. The summed E-state index contributed by atoms with van der Waals surface area (Å²) in [6.07, 6.45) is 7.38. The minimum Gasteiger partial charge on any atom is -0.346 e. The van der Waals surface area contributed by atoms with E-state index in [2.05, 4.69) is 32.2 Å². The van der Waals surface area contributed by atoms with Crippen LogP contribution in [0, 0.1) is 6.92 Å². The summed E-state index contributed by atoms with van der Waals surface area (Å²) in [7, 11) is 0. The first-order valence-electron chi connectivity index (χ1n) is 6.05. The van der Waals surface area contributed by atoms with Crippen LogP contribution in [0.5, 0.6) is 0 Å². The maximum Gasteiger partial charge on any atom is 0.155 e. The maximum absolute atomic E-state index is 4.39. The van der Waals surface area contributed by atoms with E-state index in [1.165, 1.54) is 0 Å². The Bertz CT molecular complexity index is 887. The molecule has 0 aliphatic heterocycles. The largest absolute Gasteiger partial charge is 0.346 e. The lowest BCUT2D eigenvalue weighted by Gasteiger charge is -2.01. The van der Waals surface area contributed by atoms with E-state index >= 15 is 0 Å². The van der Waals surface area contributed by atoms with E-state index in [1.54, 1.807) is 10.8 Å². The van der Waals surface area contributed by atoms with Crippen molar-refractivity contribution in [3.8, 4) is 11.1 Å². The quantitative estimate of drug-likeness (QED) is 0.564. The number of aryl methyl sites for hydroxylation is 1. The second-order valence-electron chi connectivity index (χ2n) is 4.59. The van der Waals surface area contributed by atoms with Gasteiger partial charge in [0.15, 0.2) is 5.65 Å². The van der Waals surface area contributed by atoms with E-state index in [0.29, 0.717) is 0 Å². The standard InChI is InChI=1S/C14H11N5/c1-9-4-11-12(6-16-14(11)15-5-9)10-2-3-13-17-8-18-19(13)7-10/h2-8H,1H3,(H,15,16). The van der Waals surface area contributed by atoms with Gasteiger partial charge in [0.25, 0.3) is 0 Å². The van der Waals surface area contributed by atoms with Crippen molar-refractivity contribution in [2.75, 3.05) is 0 Å². The number of aromatic nitrogens is 5. The number of fused-ring (bicyclic) bond motifs is 2. The van der Waals surface area contributed by atoms with Crippen molar-refractivity contribution >= 4 is 16.7 Å². The molecule has 0 fully saturated rings. The first-order chi connectivity index (χ1) is 9.31. The summed E-state index contributed by atoms with van der Waals surface area (Å²) < 4.78 is 1.78. The topological polar surface area (TPSA) is 58.9 Å². The molecular formula is C14H11N5. The number of aromatic amines is 1. The third-order valence-electron chi connectivity index (χ3n) is 3.25. The molecule has 0 saturated carbocycles. The number of nitrogens with zero attached hydrogens (tertiary/aromatic N) is 4. The molecule has 4 heterocycles. The second-order valence-corrected chi connectivity index (χ2v) is 4.59. The number of nitrogens with one attached hydrogen (secondary N) is 1. The van der Waals surface area contributed by atoms with Gasteiger partial charge in [0.1, 0.15) is 12.0 Å². The summed E-state index contributed by atoms with van der Waals surface area (Å²) in [6.45, 7) is 2.05. The summed E-state index contributed by atoms with van der Waals surface area (Å²) in [5.41, 5.74) is 5.12. The van der Waals surface area contributed by atoms with Crippen LogP contribution >= 0.6 is 0 Å². The van der Waals surface area contributed by atoms with Crippen LogP contribution in [0.3, 0.4) is 0 Å². The molecule has 0 amide bonds. The highest BCUT2D eigenvalue weighted by molar-refractivity contribution is 5.93. The number of rotatable bonds is 1. The number of hydrogen-bond acceptors (Lipinski definition) is 3. The minimum atomic E-state index is 0.845. The molecule has 1 N–H and O–H groups in total. The van der Waals surface area contributed by atoms with Gasteiger partial charge in [-0.15, -0.1) is 0 Å². The Morgan fingerprint density at radius 2 is 2.16 bits per heavy atom. The minimum absolute atomic E-state index is 0.845. The molecule has 0 radical (unpaired) electrons. The van der Waals surface area contributed by atoms with Gasteiger partial charge in [-0.25, -0.2) is 14.5 Å². The van der Waals surface area contributed by atoms with Gasteiger partial charge in [-0.3, -0.25) is 0 Å².